The van der Waals surface area contributed by atoms with Crippen LogP contribution in [-0.2, 0) is 12.7 Å². The van der Waals surface area contributed by atoms with Crippen molar-refractivity contribution in [1.82, 2.24) is 25.2 Å². The Bertz CT molecular complexity index is 911. The number of carbonyl (C=O) groups excluding carboxylic acids is 1. The molecule has 0 saturated carbocycles. The summed E-state index contributed by atoms with van der Waals surface area (Å²) in [5.41, 5.74) is -0.246. The second-order valence-corrected chi connectivity index (χ2v) is 5.13. The molecule has 126 valence electrons. The van der Waals surface area contributed by atoms with Gasteiger partial charge < -0.3 is 5.32 Å². The number of aromatic amines is 1. The molecule has 2 aromatic heterocycles. The van der Waals surface area contributed by atoms with Crippen molar-refractivity contribution in [2.75, 3.05) is 5.32 Å². The van der Waals surface area contributed by atoms with Crippen LogP contribution < -0.4 is 5.32 Å². The molecule has 0 unspecified atom stereocenters. The van der Waals surface area contributed by atoms with Crippen LogP contribution in [-0.4, -0.2) is 31.1 Å². The summed E-state index contributed by atoms with van der Waals surface area (Å²) in [6.45, 7) is 3.89. The Balaban J connectivity index is 1.98. The molecule has 0 bridgehead atoms. The van der Waals surface area contributed by atoms with E-state index in [9.17, 15) is 18.0 Å². The van der Waals surface area contributed by atoms with E-state index in [0.29, 0.717) is 12.2 Å². The zero-order chi connectivity index (χ0) is 17.5. The number of rotatable bonds is 3. The summed E-state index contributed by atoms with van der Waals surface area (Å²) in [6.07, 6.45) is -3.47. The Hall–Kier alpha value is -2.91. The van der Waals surface area contributed by atoms with Crippen LogP contribution in [0.15, 0.2) is 18.3 Å². The number of aromatic nitrogens is 5. The summed E-state index contributed by atoms with van der Waals surface area (Å²) in [5, 5.41) is 16.5. The third-order valence-electron chi connectivity index (χ3n) is 3.44. The molecule has 0 atom stereocenters. The molecule has 0 radical (unpaired) electrons. The van der Waals surface area contributed by atoms with Gasteiger partial charge in [-0.2, -0.15) is 28.2 Å². The topological polar surface area (TPSA) is 88.5 Å². The molecule has 0 aliphatic rings. The monoisotopic (exact) mass is 338 g/mol. The first-order valence-electron chi connectivity index (χ1n) is 7.07. The van der Waals surface area contributed by atoms with Crippen LogP contribution in [0.2, 0.25) is 0 Å². The minimum absolute atomic E-state index is 0.00507. The first kappa shape index (κ1) is 16.0. The van der Waals surface area contributed by atoms with E-state index >= 15 is 0 Å². The number of nitrogens with zero attached hydrogens (tertiary/aromatic N) is 4. The van der Waals surface area contributed by atoms with Gasteiger partial charge in [0, 0.05) is 11.1 Å². The Morgan fingerprint density at radius 1 is 1.33 bits per heavy atom. The zero-order valence-electron chi connectivity index (χ0n) is 12.8. The van der Waals surface area contributed by atoms with Crippen molar-refractivity contribution >= 4 is 22.5 Å². The number of amides is 1. The van der Waals surface area contributed by atoms with Crippen LogP contribution in [0.4, 0.5) is 18.9 Å². The summed E-state index contributed by atoms with van der Waals surface area (Å²) in [5.74, 6) is -0.626. The number of aryl methyl sites for hydroxylation is 2. The van der Waals surface area contributed by atoms with Crippen LogP contribution in [0.5, 0.6) is 0 Å². The lowest BCUT2D eigenvalue weighted by molar-refractivity contribution is -0.136. The van der Waals surface area contributed by atoms with Crippen molar-refractivity contribution in [1.29, 1.82) is 0 Å². The number of anilines is 1. The SMILES string of the molecule is CCn1nc(C)c(C(=O)Nc2cc(C(F)(F)F)c3cn[nH]c3c2)n1. The van der Waals surface area contributed by atoms with Gasteiger partial charge in [-0.05, 0) is 26.0 Å². The molecule has 0 saturated heterocycles. The van der Waals surface area contributed by atoms with E-state index in [1.165, 1.54) is 10.9 Å². The fourth-order valence-electron chi connectivity index (χ4n) is 2.33. The molecule has 2 N–H and O–H groups in total. The molecule has 7 nitrogen and oxygen atoms in total. The van der Waals surface area contributed by atoms with Crippen molar-refractivity contribution in [3.63, 3.8) is 0 Å². The number of halogens is 3. The van der Waals surface area contributed by atoms with Crippen LogP contribution >= 0.6 is 0 Å². The van der Waals surface area contributed by atoms with E-state index in [-0.39, 0.29) is 22.3 Å². The number of H-pyrrole nitrogens is 1. The maximum Gasteiger partial charge on any atom is 0.417 e. The summed E-state index contributed by atoms with van der Waals surface area (Å²) >= 11 is 0. The van der Waals surface area contributed by atoms with Crippen molar-refractivity contribution < 1.29 is 18.0 Å². The van der Waals surface area contributed by atoms with Gasteiger partial charge in [-0.25, -0.2) is 0 Å². The van der Waals surface area contributed by atoms with Gasteiger partial charge in [0.25, 0.3) is 5.91 Å². The number of hydrogen-bond acceptors (Lipinski definition) is 4. The first-order chi connectivity index (χ1) is 11.3. The summed E-state index contributed by atoms with van der Waals surface area (Å²) < 4.78 is 39.5. The summed E-state index contributed by atoms with van der Waals surface area (Å²) in [4.78, 5) is 13.6. The predicted octanol–water partition coefficient (Wildman–Crippen LogP) is 2.75. The van der Waals surface area contributed by atoms with Gasteiger partial charge in [0.15, 0.2) is 5.69 Å². The number of benzene rings is 1. The van der Waals surface area contributed by atoms with Gasteiger partial charge in [-0.15, -0.1) is 5.10 Å². The van der Waals surface area contributed by atoms with Crippen molar-refractivity contribution in [2.24, 2.45) is 0 Å². The number of carbonyl (C=O) groups is 1. The van der Waals surface area contributed by atoms with Crippen LogP contribution in [0, 0.1) is 6.92 Å². The molecule has 1 aromatic carbocycles. The molecule has 2 heterocycles. The van der Waals surface area contributed by atoms with Gasteiger partial charge >= 0.3 is 6.18 Å². The molecule has 0 aliphatic heterocycles. The summed E-state index contributed by atoms with van der Waals surface area (Å²) in [6, 6.07) is 2.25. The van der Waals surface area contributed by atoms with Crippen LogP contribution in [0.3, 0.4) is 0 Å². The Kier molecular flexibility index (Phi) is 3.74. The number of nitrogens with one attached hydrogen (secondary N) is 2. The van der Waals surface area contributed by atoms with Crippen molar-refractivity contribution in [3.05, 3.63) is 35.3 Å². The zero-order valence-corrected chi connectivity index (χ0v) is 12.8. The third-order valence-corrected chi connectivity index (χ3v) is 3.44. The molecular formula is C14H13F3N6O. The Morgan fingerprint density at radius 2 is 2.08 bits per heavy atom. The Labute approximate surface area is 133 Å². The van der Waals surface area contributed by atoms with Gasteiger partial charge in [0.2, 0.25) is 0 Å². The Morgan fingerprint density at radius 3 is 2.71 bits per heavy atom. The average Bonchev–Trinajstić information content (AvgIpc) is 3.11. The highest BCUT2D eigenvalue weighted by Gasteiger charge is 2.33. The molecule has 0 fully saturated rings. The van der Waals surface area contributed by atoms with E-state index in [2.05, 4.69) is 25.7 Å². The maximum absolute atomic E-state index is 13.2. The van der Waals surface area contributed by atoms with Crippen molar-refractivity contribution in [3.8, 4) is 0 Å². The lowest BCUT2D eigenvalue weighted by Crippen LogP contribution is -2.15. The lowest BCUT2D eigenvalue weighted by atomic mass is 10.1. The summed E-state index contributed by atoms with van der Waals surface area (Å²) in [7, 11) is 0. The largest absolute Gasteiger partial charge is 0.417 e. The number of hydrogen-bond donors (Lipinski definition) is 2. The van der Waals surface area contributed by atoms with E-state index in [1.54, 1.807) is 6.92 Å². The fraction of sp³-hybridized carbons (Fsp3) is 0.286. The first-order valence-corrected chi connectivity index (χ1v) is 7.07. The number of fused-ring (bicyclic) bond motifs is 1. The molecule has 0 aliphatic carbocycles. The molecular weight excluding hydrogens is 325 g/mol. The second kappa shape index (κ2) is 5.62. The minimum Gasteiger partial charge on any atom is -0.320 e. The van der Waals surface area contributed by atoms with E-state index in [4.69, 9.17) is 0 Å². The smallest absolute Gasteiger partial charge is 0.320 e. The van der Waals surface area contributed by atoms with E-state index in [1.807, 2.05) is 6.92 Å². The fourth-order valence-corrected chi connectivity index (χ4v) is 2.33. The minimum atomic E-state index is -4.57. The molecule has 3 aromatic rings. The standard InChI is InChI=1S/C14H13F3N6O/c1-3-23-21-7(2)12(22-23)13(24)19-8-4-10(14(15,16)17)9-6-18-20-11(9)5-8/h4-6H,3H2,1-2H3,(H,18,20)(H,19,24). The highest BCUT2D eigenvalue weighted by Crippen LogP contribution is 2.36. The van der Waals surface area contributed by atoms with Crippen LogP contribution in [0.25, 0.3) is 10.9 Å². The molecule has 24 heavy (non-hydrogen) atoms. The predicted molar refractivity (Wildman–Crippen MR) is 79.5 cm³/mol. The van der Waals surface area contributed by atoms with Gasteiger partial charge in [0.05, 0.1) is 29.5 Å². The molecule has 10 heteroatoms. The molecule has 0 spiro atoms. The average molecular weight is 338 g/mol. The molecule has 1 amide bonds. The highest BCUT2D eigenvalue weighted by atomic mass is 19.4. The third kappa shape index (κ3) is 2.82. The number of alkyl halides is 3. The molecule has 3 rings (SSSR count). The lowest BCUT2D eigenvalue weighted by Gasteiger charge is -2.11. The van der Waals surface area contributed by atoms with Crippen LogP contribution in [0.1, 0.15) is 28.7 Å². The quantitative estimate of drug-likeness (QED) is 0.768. The van der Waals surface area contributed by atoms with E-state index in [0.717, 1.165) is 12.3 Å². The van der Waals surface area contributed by atoms with Gasteiger partial charge in [0.1, 0.15) is 0 Å². The van der Waals surface area contributed by atoms with Crippen molar-refractivity contribution in [2.45, 2.75) is 26.6 Å². The maximum atomic E-state index is 13.2. The second-order valence-electron chi connectivity index (χ2n) is 5.13. The van der Waals surface area contributed by atoms with Gasteiger partial charge in [-0.1, -0.05) is 0 Å². The highest BCUT2D eigenvalue weighted by molar-refractivity contribution is 6.04. The normalized spacial score (nSPS) is 11.9. The van der Waals surface area contributed by atoms with E-state index < -0.39 is 17.6 Å². The van der Waals surface area contributed by atoms with Gasteiger partial charge in [-0.3, -0.25) is 9.89 Å².